The number of hydrogen-bond acceptors (Lipinski definition) is 4. The highest BCUT2D eigenvalue weighted by Crippen LogP contribution is 2.51. The van der Waals surface area contributed by atoms with Gasteiger partial charge in [-0.2, -0.15) is 5.26 Å². The van der Waals surface area contributed by atoms with Crippen LogP contribution in [-0.2, 0) is 0 Å². The van der Waals surface area contributed by atoms with E-state index in [4.69, 9.17) is 11.0 Å². The van der Waals surface area contributed by atoms with Crippen LogP contribution in [0.2, 0.25) is 0 Å². The molecular weight excluding hydrogens is 206 g/mol. The number of pyridine rings is 1. The van der Waals surface area contributed by atoms with Crippen LogP contribution in [-0.4, -0.2) is 10.7 Å². The zero-order valence-electron chi connectivity index (χ0n) is 8.44. The van der Waals surface area contributed by atoms with Gasteiger partial charge in [0.1, 0.15) is 5.82 Å². The molecule has 1 fully saturated rings. The lowest BCUT2D eigenvalue weighted by Gasteiger charge is -2.09. The highest BCUT2D eigenvalue weighted by Gasteiger charge is 2.42. The van der Waals surface area contributed by atoms with Gasteiger partial charge in [0.05, 0.1) is 6.07 Å². The Morgan fingerprint density at radius 3 is 2.87 bits per heavy atom. The molecule has 15 heavy (non-hydrogen) atoms. The third-order valence-corrected chi connectivity index (χ3v) is 4.05. The SMILES string of the molecule is N#CCC1(CSc2ccc(N)nc2)CC1. The fourth-order valence-electron chi connectivity index (χ4n) is 1.43. The summed E-state index contributed by atoms with van der Waals surface area (Å²) in [7, 11) is 0. The van der Waals surface area contributed by atoms with Crippen LogP contribution in [0.4, 0.5) is 5.82 Å². The van der Waals surface area contributed by atoms with Crippen LogP contribution >= 0.6 is 11.8 Å². The minimum atomic E-state index is 0.292. The number of thioether (sulfide) groups is 1. The lowest BCUT2D eigenvalue weighted by molar-refractivity contribution is 0.604. The van der Waals surface area contributed by atoms with Crippen molar-refractivity contribution in [1.29, 1.82) is 5.26 Å². The molecule has 0 bridgehead atoms. The summed E-state index contributed by atoms with van der Waals surface area (Å²) in [6.45, 7) is 0. The van der Waals surface area contributed by atoms with Crippen LogP contribution in [0.3, 0.4) is 0 Å². The number of nitrogens with zero attached hydrogens (tertiary/aromatic N) is 2. The van der Waals surface area contributed by atoms with Gasteiger partial charge in [0.2, 0.25) is 0 Å². The molecule has 0 saturated heterocycles. The first-order valence-electron chi connectivity index (χ1n) is 4.95. The molecule has 0 aromatic carbocycles. The van der Waals surface area contributed by atoms with Gasteiger partial charge in [-0.3, -0.25) is 0 Å². The Kier molecular flexibility index (Phi) is 2.83. The van der Waals surface area contributed by atoms with E-state index in [0.29, 0.717) is 17.7 Å². The number of rotatable bonds is 4. The molecule has 3 nitrogen and oxygen atoms in total. The molecule has 4 heteroatoms. The van der Waals surface area contributed by atoms with E-state index in [0.717, 1.165) is 10.6 Å². The molecule has 0 atom stereocenters. The maximum Gasteiger partial charge on any atom is 0.123 e. The maximum atomic E-state index is 8.69. The van der Waals surface area contributed by atoms with Gasteiger partial charge in [0.25, 0.3) is 0 Å². The Hall–Kier alpha value is -1.21. The largest absolute Gasteiger partial charge is 0.384 e. The summed E-state index contributed by atoms with van der Waals surface area (Å²) < 4.78 is 0. The number of anilines is 1. The molecular formula is C11H13N3S. The monoisotopic (exact) mass is 219 g/mol. The molecule has 1 saturated carbocycles. The zero-order valence-corrected chi connectivity index (χ0v) is 9.26. The van der Waals surface area contributed by atoms with Gasteiger partial charge >= 0.3 is 0 Å². The summed E-state index contributed by atoms with van der Waals surface area (Å²) in [6, 6.07) is 6.06. The smallest absolute Gasteiger partial charge is 0.123 e. The molecule has 1 aliphatic rings. The summed E-state index contributed by atoms with van der Waals surface area (Å²) in [5.74, 6) is 1.57. The van der Waals surface area contributed by atoms with Gasteiger partial charge in [-0.05, 0) is 30.4 Å². The summed E-state index contributed by atoms with van der Waals surface area (Å²) in [4.78, 5) is 5.17. The predicted molar refractivity (Wildman–Crippen MR) is 61.3 cm³/mol. The number of aromatic nitrogens is 1. The Labute approximate surface area is 93.7 Å². The molecule has 0 amide bonds. The first-order chi connectivity index (χ1) is 7.24. The van der Waals surface area contributed by atoms with Crippen molar-refractivity contribution in [3.63, 3.8) is 0 Å². The van der Waals surface area contributed by atoms with Crippen molar-refractivity contribution in [1.82, 2.24) is 4.98 Å². The minimum absolute atomic E-state index is 0.292. The van der Waals surface area contributed by atoms with E-state index in [2.05, 4.69) is 11.1 Å². The maximum absolute atomic E-state index is 8.69. The number of nitrogen functional groups attached to an aromatic ring is 1. The Bertz CT molecular complexity index is 376. The van der Waals surface area contributed by atoms with Crippen molar-refractivity contribution in [3.05, 3.63) is 18.3 Å². The highest BCUT2D eigenvalue weighted by atomic mass is 32.2. The molecule has 1 aromatic rings. The van der Waals surface area contributed by atoms with Gasteiger partial charge in [0, 0.05) is 23.3 Å². The molecule has 1 aromatic heterocycles. The molecule has 2 rings (SSSR count). The summed E-state index contributed by atoms with van der Waals surface area (Å²) in [5, 5.41) is 8.69. The lowest BCUT2D eigenvalue weighted by atomic mass is 10.1. The van der Waals surface area contributed by atoms with Gasteiger partial charge in [0.15, 0.2) is 0 Å². The summed E-state index contributed by atoms with van der Waals surface area (Å²) >= 11 is 1.77. The first kappa shape index (κ1) is 10.3. The molecule has 0 aliphatic heterocycles. The number of hydrogen-bond donors (Lipinski definition) is 1. The molecule has 78 valence electrons. The fraction of sp³-hybridized carbons (Fsp3) is 0.455. The van der Waals surface area contributed by atoms with E-state index in [-0.39, 0.29) is 0 Å². The van der Waals surface area contributed by atoms with Gasteiger partial charge in [-0.15, -0.1) is 11.8 Å². The van der Waals surface area contributed by atoms with Crippen LogP contribution in [0.25, 0.3) is 0 Å². The van der Waals surface area contributed by atoms with Crippen LogP contribution < -0.4 is 5.73 Å². The van der Waals surface area contributed by atoms with Crippen molar-refractivity contribution >= 4 is 17.6 Å². The normalized spacial score (nSPS) is 17.0. The van der Waals surface area contributed by atoms with Gasteiger partial charge in [-0.1, -0.05) is 0 Å². The van der Waals surface area contributed by atoms with Crippen molar-refractivity contribution < 1.29 is 0 Å². The molecule has 0 spiro atoms. The summed E-state index contributed by atoms with van der Waals surface area (Å²) in [6.07, 6.45) is 4.86. The Morgan fingerprint density at radius 1 is 1.53 bits per heavy atom. The fourth-order valence-corrected chi connectivity index (χ4v) is 2.59. The second-order valence-corrected chi connectivity index (χ2v) is 5.09. The Balaban J connectivity index is 1.88. The minimum Gasteiger partial charge on any atom is -0.384 e. The van der Waals surface area contributed by atoms with Crippen molar-refractivity contribution in [3.8, 4) is 6.07 Å². The number of nitriles is 1. The third kappa shape index (κ3) is 2.63. The summed E-state index contributed by atoms with van der Waals surface area (Å²) in [5.41, 5.74) is 5.80. The molecule has 0 unspecified atom stereocenters. The average Bonchev–Trinajstić information content (AvgIpc) is 2.99. The molecule has 2 N–H and O–H groups in total. The van der Waals surface area contributed by atoms with E-state index in [1.807, 2.05) is 12.1 Å². The third-order valence-electron chi connectivity index (χ3n) is 2.72. The van der Waals surface area contributed by atoms with Gasteiger partial charge in [-0.25, -0.2) is 4.98 Å². The van der Waals surface area contributed by atoms with Gasteiger partial charge < -0.3 is 5.73 Å². The quantitative estimate of drug-likeness (QED) is 0.790. The lowest BCUT2D eigenvalue weighted by Crippen LogP contribution is -2.02. The van der Waals surface area contributed by atoms with Crippen LogP contribution in [0, 0.1) is 16.7 Å². The van der Waals surface area contributed by atoms with Crippen molar-refractivity contribution in [2.75, 3.05) is 11.5 Å². The van der Waals surface area contributed by atoms with Crippen LogP contribution in [0.5, 0.6) is 0 Å². The Morgan fingerprint density at radius 2 is 2.33 bits per heavy atom. The van der Waals surface area contributed by atoms with E-state index in [9.17, 15) is 0 Å². The zero-order chi connectivity index (χ0) is 10.7. The molecule has 0 radical (unpaired) electrons. The first-order valence-corrected chi connectivity index (χ1v) is 5.94. The second kappa shape index (κ2) is 4.11. The average molecular weight is 219 g/mol. The van der Waals surface area contributed by atoms with Crippen molar-refractivity contribution in [2.45, 2.75) is 24.2 Å². The topological polar surface area (TPSA) is 62.7 Å². The van der Waals surface area contributed by atoms with Crippen molar-refractivity contribution in [2.24, 2.45) is 5.41 Å². The number of nitrogens with two attached hydrogens (primary N) is 1. The predicted octanol–water partition coefficient (Wildman–Crippen LogP) is 2.45. The molecule has 1 aliphatic carbocycles. The van der Waals surface area contributed by atoms with E-state index in [1.165, 1.54) is 12.8 Å². The highest BCUT2D eigenvalue weighted by molar-refractivity contribution is 7.99. The van der Waals surface area contributed by atoms with E-state index < -0.39 is 0 Å². The van der Waals surface area contributed by atoms with Crippen LogP contribution in [0.1, 0.15) is 19.3 Å². The molecule has 1 heterocycles. The van der Waals surface area contributed by atoms with Crippen LogP contribution in [0.15, 0.2) is 23.2 Å². The van der Waals surface area contributed by atoms with E-state index in [1.54, 1.807) is 18.0 Å². The second-order valence-electron chi connectivity index (χ2n) is 4.04. The van der Waals surface area contributed by atoms with E-state index >= 15 is 0 Å². The standard InChI is InChI=1S/C11H13N3S/c12-6-5-11(3-4-11)8-15-9-1-2-10(13)14-7-9/h1-2,7H,3-5,8H2,(H2,13,14).